The summed E-state index contributed by atoms with van der Waals surface area (Å²) in [4.78, 5) is 43.0. The largest absolute Gasteiger partial charge is 0.510 e. The third kappa shape index (κ3) is 4.84. The van der Waals surface area contributed by atoms with E-state index in [0.29, 0.717) is 11.3 Å². The molecule has 4 atom stereocenters. The summed E-state index contributed by atoms with van der Waals surface area (Å²) in [5.74, 6) is -11.8. The molecule has 3 aliphatic carbocycles. The number of likely N-dealkylation sites (N-methyl/N-ethyl adjacent to an activating group) is 1. The average Bonchev–Trinajstić information content (AvgIpc) is 2.94. The number of aliphatic hydroxyl groups is 3. The number of rotatable bonds is 7. The van der Waals surface area contributed by atoms with Crippen LogP contribution < -0.4 is 16.0 Å². The first-order valence-electron chi connectivity index (χ1n) is 14.1. The van der Waals surface area contributed by atoms with Gasteiger partial charge in [-0.05, 0) is 62.2 Å². The molecule has 0 bridgehead atoms. The highest BCUT2D eigenvalue weighted by Gasteiger charge is 2.63. The van der Waals surface area contributed by atoms with Crippen molar-refractivity contribution in [1.82, 2.24) is 10.2 Å². The van der Waals surface area contributed by atoms with Crippen molar-refractivity contribution in [3.63, 3.8) is 0 Å². The number of hydrogen-bond donors (Lipinski definition) is 6. The van der Waals surface area contributed by atoms with E-state index >= 15 is 0 Å². The molecule has 240 valence electrons. The minimum atomic E-state index is -2.76. The SMILES string of the molecule is CN(C)c1cc(CNCc2cc(F)c(F)c(F)c2)c(O)c2c1C[C@H]1C[C@H]3C(N(C)C)C(O)=C(C(N)=O)C(=O)[C@@]3(O)C(O)=C1C2=O. The number of carbonyl (C=O) groups excluding carboxylic acids is 3. The summed E-state index contributed by atoms with van der Waals surface area (Å²) < 4.78 is 40.7. The molecule has 0 aliphatic heterocycles. The van der Waals surface area contributed by atoms with E-state index in [9.17, 15) is 48.0 Å². The maximum atomic E-state index is 14.1. The van der Waals surface area contributed by atoms with Crippen LogP contribution in [0, 0.1) is 29.3 Å². The normalized spacial score (nSPS) is 24.5. The van der Waals surface area contributed by atoms with Crippen LogP contribution in [0.25, 0.3) is 0 Å². The van der Waals surface area contributed by atoms with Gasteiger partial charge in [-0.15, -0.1) is 0 Å². The lowest BCUT2D eigenvalue weighted by Crippen LogP contribution is -2.63. The number of hydrogen-bond acceptors (Lipinski definition) is 10. The molecule has 14 heteroatoms. The van der Waals surface area contributed by atoms with Gasteiger partial charge in [0.05, 0.1) is 11.6 Å². The lowest BCUT2D eigenvalue weighted by atomic mass is 9.58. The predicted octanol–water partition coefficient (Wildman–Crippen LogP) is 1.89. The van der Waals surface area contributed by atoms with Gasteiger partial charge in [-0.25, -0.2) is 13.2 Å². The van der Waals surface area contributed by atoms with E-state index in [0.717, 1.165) is 12.1 Å². The minimum absolute atomic E-state index is 0.0481. The molecule has 0 heterocycles. The van der Waals surface area contributed by atoms with E-state index in [1.807, 2.05) is 0 Å². The van der Waals surface area contributed by atoms with Crippen LogP contribution in [0.15, 0.2) is 40.9 Å². The quantitative estimate of drug-likeness (QED) is 0.196. The lowest BCUT2D eigenvalue weighted by Gasteiger charge is -2.50. The number of allylic oxidation sites excluding steroid dienone is 1. The Hall–Kier alpha value is -4.40. The Bertz CT molecular complexity index is 1700. The molecule has 7 N–H and O–H groups in total. The van der Waals surface area contributed by atoms with Gasteiger partial charge in [0.2, 0.25) is 5.78 Å². The number of nitrogens with zero attached hydrogens (tertiary/aromatic N) is 2. The smallest absolute Gasteiger partial charge is 0.255 e. The molecule has 2 aromatic rings. The fourth-order valence-corrected chi connectivity index (χ4v) is 6.94. The highest BCUT2D eigenvalue weighted by Crippen LogP contribution is 2.53. The minimum Gasteiger partial charge on any atom is -0.510 e. The van der Waals surface area contributed by atoms with Crippen LogP contribution in [-0.4, -0.2) is 82.6 Å². The number of amides is 1. The summed E-state index contributed by atoms with van der Waals surface area (Å²) in [5, 5.41) is 48.4. The number of Topliss-reactive ketones (excluding diaryl/α,β-unsaturated/α-hetero) is 2. The van der Waals surface area contributed by atoms with Crippen LogP contribution >= 0.6 is 0 Å². The molecule has 0 saturated carbocycles. The number of ketones is 2. The van der Waals surface area contributed by atoms with Gasteiger partial charge >= 0.3 is 0 Å². The zero-order valence-corrected chi connectivity index (χ0v) is 24.9. The van der Waals surface area contributed by atoms with Gasteiger partial charge in [0.25, 0.3) is 5.91 Å². The van der Waals surface area contributed by atoms with E-state index < -0.39 is 81.2 Å². The molecule has 0 fully saturated rings. The van der Waals surface area contributed by atoms with Crippen LogP contribution in [0.3, 0.4) is 0 Å². The first-order chi connectivity index (χ1) is 21.0. The predicted molar refractivity (Wildman–Crippen MR) is 155 cm³/mol. The number of phenolic OH excluding ortho intramolecular Hbond substituents is 1. The van der Waals surface area contributed by atoms with Crippen molar-refractivity contribution >= 4 is 23.2 Å². The van der Waals surface area contributed by atoms with Gasteiger partial charge in [-0.1, -0.05) is 0 Å². The third-order valence-corrected chi connectivity index (χ3v) is 8.95. The maximum Gasteiger partial charge on any atom is 0.255 e. The number of nitrogens with two attached hydrogens (primary N) is 1. The first kappa shape index (κ1) is 32.0. The number of benzene rings is 2. The Morgan fingerprint density at radius 2 is 1.67 bits per heavy atom. The fraction of sp³-hybridized carbons (Fsp3) is 0.387. The second-order valence-electron chi connectivity index (χ2n) is 12.1. The van der Waals surface area contributed by atoms with E-state index in [1.54, 1.807) is 39.2 Å². The van der Waals surface area contributed by atoms with Crippen LogP contribution in [-0.2, 0) is 29.1 Å². The van der Waals surface area contributed by atoms with Crippen LogP contribution in [0.4, 0.5) is 18.9 Å². The molecule has 2 aromatic carbocycles. The molecular weight excluding hydrogens is 597 g/mol. The van der Waals surface area contributed by atoms with Gasteiger partial charge in [0, 0.05) is 49.9 Å². The molecule has 0 saturated heterocycles. The van der Waals surface area contributed by atoms with Crippen molar-refractivity contribution in [2.75, 3.05) is 33.1 Å². The third-order valence-electron chi connectivity index (χ3n) is 8.95. The zero-order chi connectivity index (χ0) is 33.3. The topological polar surface area (TPSA) is 177 Å². The first-order valence-corrected chi connectivity index (χ1v) is 14.1. The monoisotopic (exact) mass is 630 g/mol. The molecule has 1 unspecified atom stereocenters. The Labute approximate surface area is 256 Å². The zero-order valence-electron chi connectivity index (χ0n) is 24.9. The Morgan fingerprint density at radius 3 is 2.22 bits per heavy atom. The molecule has 11 nitrogen and oxygen atoms in total. The van der Waals surface area contributed by atoms with Crippen LogP contribution in [0.5, 0.6) is 5.75 Å². The molecule has 3 aliphatic rings. The Balaban J connectivity index is 1.58. The van der Waals surface area contributed by atoms with Crippen molar-refractivity contribution in [3.8, 4) is 5.75 Å². The molecule has 45 heavy (non-hydrogen) atoms. The lowest BCUT2D eigenvalue weighted by molar-refractivity contribution is -0.148. The number of carbonyl (C=O) groups is 3. The van der Waals surface area contributed by atoms with Gasteiger partial charge in [0.1, 0.15) is 22.8 Å². The van der Waals surface area contributed by atoms with Gasteiger partial charge in [-0.3, -0.25) is 19.3 Å². The standard InChI is InChI=1S/C31H33F3N4O7/c1-37(2)19-9-14(11-36-10-12-5-17(32)23(34)18(33)6-12)25(39)21-15(19)7-13-8-16-24(38(3)4)27(41)22(30(35)44)29(43)31(16,45)28(42)20(13)26(21)40/h5-6,9,13,16,24,36,39,41-42,45H,7-8,10-11H2,1-4H3,(H2,35,44)/t13-,16-,24?,31-/m0/s1. The Morgan fingerprint density at radius 1 is 1.04 bits per heavy atom. The van der Waals surface area contributed by atoms with Crippen molar-refractivity contribution in [2.24, 2.45) is 17.6 Å². The molecule has 5 rings (SSSR count). The molecule has 0 aromatic heterocycles. The van der Waals surface area contributed by atoms with Gasteiger partial charge < -0.3 is 36.4 Å². The van der Waals surface area contributed by atoms with Gasteiger partial charge in [-0.2, -0.15) is 0 Å². The fourth-order valence-electron chi connectivity index (χ4n) is 6.94. The van der Waals surface area contributed by atoms with Crippen molar-refractivity contribution in [3.05, 3.63) is 80.6 Å². The maximum absolute atomic E-state index is 14.1. The summed E-state index contributed by atoms with van der Waals surface area (Å²) in [5.41, 5.74) is 2.56. The molecule has 0 radical (unpaired) electrons. The summed E-state index contributed by atoms with van der Waals surface area (Å²) in [7, 11) is 6.54. The Kier molecular flexibility index (Phi) is 7.96. The van der Waals surface area contributed by atoms with Crippen LogP contribution in [0.2, 0.25) is 0 Å². The second-order valence-corrected chi connectivity index (χ2v) is 12.1. The van der Waals surface area contributed by atoms with Gasteiger partial charge in [0.15, 0.2) is 28.8 Å². The summed E-state index contributed by atoms with van der Waals surface area (Å²) in [6.07, 6.45) is 0.0605. The highest BCUT2D eigenvalue weighted by atomic mass is 19.2. The van der Waals surface area contributed by atoms with Crippen LogP contribution in [0.1, 0.15) is 33.5 Å². The second kappa shape index (κ2) is 11.2. The summed E-state index contributed by atoms with van der Waals surface area (Å²) >= 11 is 0. The number of phenols is 1. The average molecular weight is 631 g/mol. The summed E-state index contributed by atoms with van der Waals surface area (Å²) in [6.45, 7) is -0.209. The van der Waals surface area contributed by atoms with E-state index in [1.165, 1.54) is 4.90 Å². The van der Waals surface area contributed by atoms with Crippen molar-refractivity contribution < 1.29 is 48.0 Å². The van der Waals surface area contributed by atoms with E-state index in [4.69, 9.17) is 5.73 Å². The number of primary amides is 1. The number of halogens is 3. The number of aromatic hydroxyl groups is 1. The molecular formula is C31H33F3N4O7. The molecule has 1 amide bonds. The number of fused-ring (bicyclic) bond motifs is 3. The number of anilines is 1. The van der Waals surface area contributed by atoms with E-state index in [-0.39, 0.29) is 48.2 Å². The molecule has 0 spiro atoms. The summed E-state index contributed by atoms with van der Waals surface area (Å²) in [6, 6.07) is 2.19. The highest BCUT2D eigenvalue weighted by molar-refractivity contribution is 6.25. The number of aliphatic hydroxyl groups excluding tert-OH is 2. The number of nitrogens with one attached hydrogen (secondary N) is 1. The van der Waals surface area contributed by atoms with Crippen molar-refractivity contribution in [1.29, 1.82) is 0 Å². The van der Waals surface area contributed by atoms with E-state index in [2.05, 4.69) is 5.32 Å². The van der Waals surface area contributed by atoms with Crippen molar-refractivity contribution in [2.45, 2.75) is 37.6 Å².